The van der Waals surface area contributed by atoms with Crippen LogP contribution in [-0.2, 0) is 28.9 Å². The summed E-state index contributed by atoms with van der Waals surface area (Å²) in [4.78, 5) is 44.8. The van der Waals surface area contributed by atoms with Crippen molar-refractivity contribution in [2.45, 2.75) is 90.5 Å². The van der Waals surface area contributed by atoms with E-state index in [2.05, 4.69) is 67.5 Å². The molecule has 1 saturated carbocycles. The van der Waals surface area contributed by atoms with Gasteiger partial charge in [-0.05, 0) is 102 Å². The van der Waals surface area contributed by atoms with Gasteiger partial charge in [0.1, 0.15) is 5.78 Å². The standard InChI is InChI=1S/C37H43N3O3/c1-37(2,3)30-9-12-33-28(18-30)16-27-17-29(19-34(27)40-33)35(42)20-25(14-15-38-31-10-11-32(41)21-31)23-4-6-24(7-5-23)26-8-13-36(43)39-22-26/h4-8,13,16-17,22,25,30-31,38H,9-12,14-15,18-21H2,1-3H3,(H,39,43)/t25-,30-,31?/m0/s1. The molecule has 3 aromatic rings. The topological polar surface area (TPSA) is 91.9 Å². The van der Waals surface area contributed by atoms with Gasteiger partial charge in [-0.3, -0.25) is 19.4 Å². The molecule has 1 fully saturated rings. The lowest BCUT2D eigenvalue weighted by atomic mass is 9.71. The number of hydrogen-bond donors (Lipinski definition) is 2. The molecule has 1 aromatic carbocycles. The molecule has 6 heteroatoms. The van der Waals surface area contributed by atoms with E-state index in [1.807, 2.05) is 6.07 Å². The maximum atomic E-state index is 13.8. The fourth-order valence-electron chi connectivity index (χ4n) is 7.06. The first-order chi connectivity index (χ1) is 20.6. The number of rotatable bonds is 9. The van der Waals surface area contributed by atoms with Crippen LogP contribution >= 0.6 is 0 Å². The molecule has 0 saturated heterocycles. The number of H-pyrrole nitrogens is 1. The maximum Gasteiger partial charge on any atom is 0.247 e. The largest absolute Gasteiger partial charge is 0.328 e. The van der Waals surface area contributed by atoms with Gasteiger partial charge in [0.2, 0.25) is 5.56 Å². The van der Waals surface area contributed by atoms with E-state index in [1.54, 1.807) is 6.20 Å². The molecule has 3 atom stereocenters. The number of ketones is 2. The number of benzene rings is 1. The number of allylic oxidation sites excluding steroid dienone is 1. The van der Waals surface area contributed by atoms with Crippen LogP contribution in [0.5, 0.6) is 0 Å². The second-order valence-electron chi connectivity index (χ2n) is 13.9. The molecule has 2 aromatic heterocycles. The van der Waals surface area contributed by atoms with Crippen LogP contribution in [0.1, 0.15) is 93.3 Å². The molecule has 3 aliphatic rings. The van der Waals surface area contributed by atoms with Crippen molar-refractivity contribution in [3.05, 3.63) is 92.7 Å². The molecule has 0 radical (unpaired) electrons. The highest BCUT2D eigenvalue weighted by atomic mass is 16.1. The molecule has 0 spiro atoms. The third-order valence-corrected chi connectivity index (χ3v) is 9.87. The lowest BCUT2D eigenvalue weighted by molar-refractivity contribution is -0.117. The minimum absolute atomic E-state index is 0.0556. The van der Waals surface area contributed by atoms with Gasteiger partial charge in [-0.1, -0.05) is 45.0 Å². The molecule has 6 rings (SSSR count). The van der Waals surface area contributed by atoms with Gasteiger partial charge in [0.25, 0.3) is 0 Å². The van der Waals surface area contributed by atoms with E-state index >= 15 is 0 Å². The minimum atomic E-state index is -0.122. The molecule has 0 bridgehead atoms. The van der Waals surface area contributed by atoms with Crippen LogP contribution in [0.3, 0.4) is 0 Å². The van der Waals surface area contributed by atoms with Gasteiger partial charge in [-0.2, -0.15) is 0 Å². The van der Waals surface area contributed by atoms with Crippen molar-refractivity contribution in [3.63, 3.8) is 0 Å². The van der Waals surface area contributed by atoms with Crippen molar-refractivity contribution in [1.29, 1.82) is 0 Å². The molecule has 2 heterocycles. The van der Waals surface area contributed by atoms with Crippen LogP contribution in [0.4, 0.5) is 0 Å². The average Bonchev–Trinajstić information content (AvgIpc) is 3.60. The summed E-state index contributed by atoms with van der Waals surface area (Å²) in [5, 5.41) is 3.57. The van der Waals surface area contributed by atoms with Crippen LogP contribution < -0.4 is 10.9 Å². The predicted octanol–water partition coefficient (Wildman–Crippen LogP) is 6.37. The first-order valence-corrected chi connectivity index (χ1v) is 15.9. The Kier molecular flexibility index (Phi) is 8.32. The van der Waals surface area contributed by atoms with Crippen LogP contribution in [0.2, 0.25) is 0 Å². The number of pyridine rings is 2. The summed E-state index contributed by atoms with van der Waals surface area (Å²) in [6.45, 7) is 7.75. The average molecular weight is 578 g/mol. The Morgan fingerprint density at radius 3 is 2.49 bits per heavy atom. The van der Waals surface area contributed by atoms with Gasteiger partial charge in [-0.15, -0.1) is 0 Å². The number of hydrogen-bond acceptors (Lipinski definition) is 5. The number of nitrogens with one attached hydrogen (secondary N) is 2. The minimum Gasteiger partial charge on any atom is -0.328 e. The van der Waals surface area contributed by atoms with E-state index in [9.17, 15) is 14.4 Å². The van der Waals surface area contributed by atoms with E-state index in [-0.39, 0.29) is 28.7 Å². The SMILES string of the molecule is CC(C)(C)[C@H]1CCc2nc3c(cc2C1)C=C(C(=O)C[C@H](CCNC1CCC(=O)C1)c1ccc(-c2ccc(=O)[nH]c2)cc1)C3. The lowest BCUT2D eigenvalue weighted by Gasteiger charge is -2.34. The number of aromatic amines is 1. The number of aromatic nitrogens is 2. The molecular formula is C37H43N3O3. The zero-order valence-corrected chi connectivity index (χ0v) is 25.7. The van der Waals surface area contributed by atoms with Crippen molar-refractivity contribution in [2.24, 2.45) is 11.3 Å². The van der Waals surface area contributed by atoms with E-state index in [4.69, 9.17) is 4.98 Å². The fourth-order valence-corrected chi connectivity index (χ4v) is 7.06. The van der Waals surface area contributed by atoms with Gasteiger partial charge in [-0.25, -0.2) is 0 Å². The number of carbonyl (C=O) groups is 2. The van der Waals surface area contributed by atoms with Gasteiger partial charge in [0.15, 0.2) is 5.78 Å². The summed E-state index contributed by atoms with van der Waals surface area (Å²) in [7, 11) is 0. The number of aryl methyl sites for hydroxylation is 1. The van der Waals surface area contributed by atoms with Crippen LogP contribution in [0, 0.1) is 11.3 Å². The number of nitrogens with zero attached hydrogens (tertiary/aromatic N) is 1. The molecule has 1 unspecified atom stereocenters. The Bertz CT molecular complexity index is 1590. The first kappa shape index (κ1) is 29.4. The second-order valence-corrected chi connectivity index (χ2v) is 13.9. The molecule has 2 N–H and O–H groups in total. The van der Waals surface area contributed by atoms with Crippen molar-refractivity contribution in [3.8, 4) is 11.1 Å². The van der Waals surface area contributed by atoms with Crippen molar-refractivity contribution >= 4 is 17.6 Å². The van der Waals surface area contributed by atoms with Crippen LogP contribution in [0.25, 0.3) is 17.2 Å². The van der Waals surface area contributed by atoms with Crippen molar-refractivity contribution in [1.82, 2.24) is 15.3 Å². The highest BCUT2D eigenvalue weighted by Crippen LogP contribution is 2.39. The Hall–Kier alpha value is -3.64. The Morgan fingerprint density at radius 2 is 1.79 bits per heavy atom. The number of fused-ring (bicyclic) bond motifs is 2. The van der Waals surface area contributed by atoms with Crippen LogP contribution in [-0.4, -0.2) is 34.1 Å². The Labute approximate surface area is 254 Å². The van der Waals surface area contributed by atoms with E-state index in [0.29, 0.717) is 37.4 Å². The highest BCUT2D eigenvalue weighted by molar-refractivity contribution is 6.02. The monoisotopic (exact) mass is 577 g/mol. The molecule has 224 valence electrons. The highest BCUT2D eigenvalue weighted by Gasteiger charge is 2.31. The van der Waals surface area contributed by atoms with Crippen LogP contribution in [0.15, 0.2) is 59.0 Å². The summed E-state index contributed by atoms with van der Waals surface area (Å²) in [5.41, 5.74) is 8.85. The second kappa shape index (κ2) is 12.2. The zero-order valence-electron chi connectivity index (χ0n) is 25.7. The summed E-state index contributed by atoms with van der Waals surface area (Å²) < 4.78 is 0. The fraction of sp³-hybridized carbons (Fsp3) is 0.459. The Balaban J connectivity index is 1.17. The van der Waals surface area contributed by atoms with Gasteiger partial charge < -0.3 is 10.3 Å². The molecule has 6 nitrogen and oxygen atoms in total. The van der Waals surface area contributed by atoms with Crippen molar-refractivity contribution in [2.75, 3.05) is 6.54 Å². The number of Topliss-reactive ketones (excluding diaryl/α,β-unsaturated/α-hetero) is 2. The normalized spacial score (nSPS) is 20.4. The molecule has 0 amide bonds. The molecular weight excluding hydrogens is 534 g/mol. The third-order valence-electron chi connectivity index (χ3n) is 9.87. The number of carbonyl (C=O) groups excluding carboxylic acids is 2. The smallest absolute Gasteiger partial charge is 0.247 e. The summed E-state index contributed by atoms with van der Waals surface area (Å²) in [6, 6.07) is 14.2. The molecule has 3 aliphatic carbocycles. The molecule has 43 heavy (non-hydrogen) atoms. The summed E-state index contributed by atoms with van der Waals surface area (Å²) in [6.07, 6.45) is 11.1. The third kappa shape index (κ3) is 6.80. The lowest BCUT2D eigenvalue weighted by Crippen LogP contribution is -2.28. The van der Waals surface area contributed by atoms with Crippen molar-refractivity contribution < 1.29 is 9.59 Å². The van der Waals surface area contributed by atoms with E-state index in [1.165, 1.54) is 23.7 Å². The quantitative estimate of drug-likeness (QED) is 0.308. The van der Waals surface area contributed by atoms with E-state index < -0.39 is 0 Å². The van der Waals surface area contributed by atoms with Gasteiger partial charge in [0.05, 0.1) is 5.69 Å². The maximum absolute atomic E-state index is 13.8. The zero-order chi connectivity index (χ0) is 30.1. The molecule has 0 aliphatic heterocycles. The first-order valence-electron chi connectivity index (χ1n) is 15.9. The summed E-state index contributed by atoms with van der Waals surface area (Å²) >= 11 is 0. The van der Waals surface area contributed by atoms with Gasteiger partial charge >= 0.3 is 0 Å². The summed E-state index contributed by atoms with van der Waals surface area (Å²) in [5.74, 6) is 1.23. The van der Waals surface area contributed by atoms with E-state index in [0.717, 1.165) is 65.7 Å². The Morgan fingerprint density at radius 1 is 1.00 bits per heavy atom. The predicted molar refractivity (Wildman–Crippen MR) is 171 cm³/mol. The van der Waals surface area contributed by atoms with Gasteiger partial charge in [0, 0.05) is 55.3 Å².